The third-order valence-corrected chi connectivity index (χ3v) is 2.76. The van der Waals surface area contributed by atoms with Crippen LogP contribution in [0.1, 0.15) is 17.9 Å². The molecule has 1 nitrogen and oxygen atoms in total. The molecule has 3 heteroatoms. The Hall–Kier alpha value is -0.960. The number of hydrogen-bond acceptors (Lipinski definition) is 1. The molecule has 0 aromatic heterocycles. The zero-order valence-corrected chi connectivity index (χ0v) is 8.06. The zero-order chi connectivity index (χ0) is 10.1. The van der Waals surface area contributed by atoms with E-state index >= 15 is 0 Å². The second-order valence-corrected chi connectivity index (χ2v) is 3.80. The van der Waals surface area contributed by atoms with E-state index in [0.29, 0.717) is 5.92 Å². The van der Waals surface area contributed by atoms with Crippen molar-refractivity contribution in [3.05, 3.63) is 35.4 Å². The van der Waals surface area contributed by atoms with E-state index in [9.17, 15) is 8.78 Å². The van der Waals surface area contributed by atoms with E-state index < -0.39 is 11.6 Å². The number of hydrogen-bond donors (Lipinski definition) is 1. The molecule has 1 aromatic carbocycles. The molecule has 1 aliphatic carbocycles. The van der Waals surface area contributed by atoms with Crippen LogP contribution in [0.4, 0.5) is 8.78 Å². The minimum Gasteiger partial charge on any atom is -0.319 e. The van der Waals surface area contributed by atoms with Crippen molar-refractivity contribution in [2.75, 3.05) is 13.6 Å². The monoisotopic (exact) mass is 197 g/mol. The first-order valence-corrected chi connectivity index (χ1v) is 4.82. The fourth-order valence-corrected chi connectivity index (χ4v) is 1.95. The van der Waals surface area contributed by atoms with Crippen LogP contribution in [0.2, 0.25) is 0 Å². The number of nitrogens with one attached hydrogen (secondary N) is 1. The Balaban J connectivity index is 2.18. The summed E-state index contributed by atoms with van der Waals surface area (Å²) < 4.78 is 26.6. The fraction of sp³-hybridized carbons (Fsp3) is 0.455. The van der Waals surface area contributed by atoms with Crippen LogP contribution >= 0.6 is 0 Å². The van der Waals surface area contributed by atoms with Gasteiger partial charge in [0.25, 0.3) is 0 Å². The minimum atomic E-state index is -0.409. The van der Waals surface area contributed by atoms with Gasteiger partial charge in [0.05, 0.1) is 0 Å². The Kier molecular flexibility index (Phi) is 2.50. The summed E-state index contributed by atoms with van der Waals surface area (Å²) in [6, 6.07) is 4.06. The summed E-state index contributed by atoms with van der Waals surface area (Å²) >= 11 is 0. The predicted octanol–water partition coefficient (Wildman–Crippen LogP) is 2.29. The molecule has 0 radical (unpaired) electrons. The quantitative estimate of drug-likeness (QED) is 0.784. The molecule has 2 rings (SSSR count). The Bertz CT molecular complexity index is 318. The predicted molar refractivity (Wildman–Crippen MR) is 51.1 cm³/mol. The lowest BCUT2D eigenvalue weighted by Crippen LogP contribution is -2.10. The standard InChI is InChI=1S/C11H13F2N/c1-14-6-7-5-8(7)11-9(12)3-2-4-10(11)13/h2-4,7-8,14H,5-6H2,1H3/t7-,8-/m1/s1. The van der Waals surface area contributed by atoms with Gasteiger partial charge in [-0.3, -0.25) is 0 Å². The molecule has 1 aromatic rings. The number of rotatable bonds is 3. The van der Waals surface area contributed by atoms with Crippen LogP contribution in [0.3, 0.4) is 0 Å². The molecule has 0 saturated heterocycles. The molecule has 0 spiro atoms. The van der Waals surface area contributed by atoms with Crippen molar-refractivity contribution in [2.24, 2.45) is 5.92 Å². The molecule has 1 fully saturated rings. The van der Waals surface area contributed by atoms with E-state index in [-0.39, 0.29) is 11.5 Å². The second-order valence-electron chi connectivity index (χ2n) is 3.80. The third-order valence-electron chi connectivity index (χ3n) is 2.76. The maximum Gasteiger partial charge on any atom is 0.129 e. The molecule has 2 atom stereocenters. The summed E-state index contributed by atoms with van der Waals surface area (Å²) in [6.07, 6.45) is 0.888. The maximum absolute atomic E-state index is 13.3. The molecule has 1 aliphatic rings. The lowest BCUT2D eigenvalue weighted by molar-refractivity contribution is 0.549. The Morgan fingerprint density at radius 2 is 2.00 bits per heavy atom. The maximum atomic E-state index is 13.3. The van der Waals surface area contributed by atoms with E-state index in [1.807, 2.05) is 7.05 Å². The SMILES string of the molecule is CNC[C@H]1C[C@H]1c1c(F)cccc1F. The smallest absolute Gasteiger partial charge is 0.129 e. The summed E-state index contributed by atoms with van der Waals surface area (Å²) in [7, 11) is 1.85. The summed E-state index contributed by atoms with van der Waals surface area (Å²) in [5, 5.41) is 3.02. The van der Waals surface area contributed by atoms with E-state index in [4.69, 9.17) is 0 Å². The van der Waals surface area contributed by atoms with E-state index in [1.54, 1.807) is 0 Å². The molecular weight excluding hydrogens is 184 g/mol. The molecule has 0 bridgehead atoms. The van der Waals surface area contributed by atoms with Crippen molar-refractivity contribution in [1.82, 2.24) is 5.32 Å². The first-order valence-electron chi connectivity index (χ1n) is 4.82. The molecule has 14 heavy (non-hydrogen) atoms. The molecule has 0 amide bonds. The Morgan fingerprint density at radius 3 is 2.57 bits per heavy atom. The zero-order valence-electron chi connectivity index (χ0n) is 8.06. The van der Waals surface area contributed by atoms with Gasteiger partial charge in [0.1, 0.15) is 11.6 Å². The van der Waals surface area contributed by atoms with Crippen molar-refractivity contribution in [1.29, 1.82) is 0 Å². The van der Waals surface area contributed by atoms with E-state index in [1.165, 1.54) is 18.2 Å². The van der Waals surface area contributed by atoms with Crippen LogP contribution < -0.4 is 5.32 Å². The summed E-state index contributed by atoms with van der Waals surface area (Å²) in [6.45, 7) is 0.832. The first kappa shape index (κ1) is 9.59. The third kappa shape index (κ3) is 1.64. The van der Waals surface area contributed by atoms with Gasteiger partial charge in [0.15, 0.2) is 0 Å². The average molecular weight is 197 g/mol. The van der Waals surface area contributed by atoms with Crippen molar-refractivity contribution in [2.45, 2.75) is 12.3 Å². The number of benzene rings is 1. The highest BCUT2D eigenvalue weighted by Gasteiger charge is 2.40. The minimum absolute atomic E-state index is 0.0728. The van der Waals surface area contributed by atoms with Crippen molar-refractivity contribution < 1.29 is 8.78 Å². The molecule has 0 unspecified atom stereocenters. The van der Waals surface area contributed by atoms with Crippen molar-refractivity contribution in [3.8, 4) is 0 Å². The van der Waals surface area contributed by atoms with Gasteiger partial charge < -0.3 is 5.32 Å². The van der Waals surface area contributed by atoms with Crippen LogP contribution in [-0.2, 0) is 0 Å². The lowest BCUT2D eigenvalue weighted by atomic mass is 10.1. The highest BCUT2D eigenvalue weighted by Crippen LogP contribution is 2.48. The molecule has 1 N–H and O–H groups in total. The molecule has 76 valence electrons. The first-order chi connectivity index (χ1) is 6.74. The van der Waals surface area contributed by atoms with Gasteiger partial charge in [-0.2, -0.15) is 0 Å². The van der Waals surface area contributed by atoms with Crippen molar-refractivity contribution in [3.63, 3.8) is 0 Å². The Morgan fingerprint density at radius 1 is 1.36 bits per heavy atom. The molecule has 0 heterocycles. The van der Waals surface area contributed by atoms with Gasteiger partial charge in [0, 0.05) is 5.56 Å². The van der Waals surface area contributed by atoms with Crippen LogP contribution in [0, 0.1) is 17.6 Å². The van der Waals surface area contributed by atoms with Gasteiger partial charge in [0.2, 0.25) is 0 Å². The second kappa shape index (κ2) is 3.65. The largest absolute Gasteiger partial charge is 0.319 e. The molecular formula is C11H13F2N. The van der Waals surface area contributed by atoms with Crippen molar-refractivity contribution >= 4 is 0 Å². The Labute approximate surface area is 82.1 Å². The summed E-state index contributed by atoms with van der Waals surface area (Å²) in [5.74, 6) is -0.350. The average Bonchev–Trinajstić information content (AvgIpc) is 2.85. The topological polar surface area (TPSA) is 12.0 Å². The summed E-state index contributed by atoms with van der Waals surface area (Å²) in [4.78, 5) is 0. The van der Waals surface area contributed by atoms with E-state index in [2.05, 4.69) is 5.32 Å². The van der Waals surface area contributed by atoms with Gasteiger partial charge >= 0.3 is 0 Å². The molecule has 1 saturated carbocycles. The van der Waals surface area contributed by atoms with Gasteiger partial charge in [-0.15, -0.1) is 0 Å². The van der Waals surface area contributed by atoms with Gasteiger partial charge in [-0.1, -0.05) is 6.07 Å². The highest BCUT2D eigenvalue weighted by atomic mass is 19.1. The van der Waals surface area contributed by atoms with Crippen LogP contribution in [0.15, 0.2) is 18.2 Å². The van der Waals surface area contributed by atoms with Gasteiger partial charge in [-0.05, 0) is 44.0 Å². The normalized spacial score (nSPS) is 25.1. The fourth-order valence-electron chi connectivity index (χ4n) is 1.95. The molecule has 0 aliphatic heterocycles. The van der Waals surface area contributed by atoms with Crippen LogP contribution in [0.25, 0.3) is 0 Å². The number of halogens is 2. The van der Waals surface area contributed by atoms with Crippen LogP contribution in [0.5, 0.6) is 0 Å². The van der Waals surface area contributed by atoms with E-state index in [0.717, 1.165) is 13.0 Å². The van der Waals surface area contributed by atoms with Crippen LogP contribution in [-0.4, -0.2) is 13.6 Å². The highest BCUT2D eigenvalue weighted by molar-refractivity contribution is 5.29. The van der Waals surface area contributed by atoms with Gasteiger partial charge in [-0.25, -0.2) is 8.78 Å². The summed E-state index contributed by atoms with van der Waals surface area (Å²) in [5.41, 5.74) is 0.271. The lowest BCUT2D eigenvalue weighted by Gasteiger charge is -2.03.